The lowest BCUT2D eigenvalue weighted by atomic mass is 10.4. The van der Waals surface area contributed by atoms with Crippen molar-refractivity contribution in [1.29, 1.82) is 0 Å². The molecule has 4 aromatic carbocycles. The molecule has 0 aliphatic rings. The molecular formula is C29H27N5P2. The Morgan fingerprint density at radius 2 is 0.861 bits per heavy atom. The third kappa shape index (κ3) is 5.28. The van der Waals surface area contributed by atoms with Crippen LogP contribution in [0.4, 0.5) is 0 Å². The van der Waals surface area contributed by atoms with Crippen molar-refractivity contribution in [2.75, 3.05) is 14.1 Å². The van der Waals surface area contributed by atoms with Crippen LogP contribution in [0.5, 0.6) is 0 Å². The maximum absolute atomic E-state index is 4.93. The molecule has 0 N–H and O–H groups in total. The quantitative estimate of drug-likeness (QED) is 0.184. The zero-order valence-electron chi connectivity index (χ0n) is 20.3. The Morgan fingerprint density at radius 1 is 0.556 bits per heavy atom. The van der Waals surface area contributed by atoms with E-state index >= 15 is 0 Å². The van der Waals surface area contributed by atoms with Gasteiger partial charge in [-0.3, -0.25) is 0 Å². The Labute approximate surface area is 214 Å². The highest BCUT2D eigenvalue weighted by molar-refractivity contribution is 7.80. The van der Waals surface area contributed by atoms with Crippen LogP contribution in [0.3, 0.4) is 0 Å². The number of benzene rings is 4. The molecule has 1 aromatic heterocycles. The van der Waals surface area contributed by atoms with Gasteiger partial charge in [-0.2, -0.15) is 9.78 Å². The molecule has 0 radical (unpaired) electrons. The van der Waals surface area contributed by atoms with Crippen LogP contribution in [0.1, 0.15) is 0 Å². The molecule has 0 saturated carbocycles. The van der Waals surface area contributed by atoms with Crippen molar-refractivity contribution in [3.8, 4) is 0 Å². The van der Waals surface area contributed by atoms with E-state index in [2.05, 4.69) is 97.1 Å². The molecule has 178 valence electrons. The fourth-order valence-electron chi connectivity index (χ4n) is 3.87. The van der Waals surface area contributed by atoms with E-state index in [4.69, 9.17) is 15.3 Å². The molecule has 0 aliphatic carbocycles. The van der Waals surface area contributed by atoms with Gasteiger partial charge in [-0.1, -0.05) is 121 Å². The zero-order chi connectivity index (χ0) is 24.7. The van der Waals surface area contributed by atoms with E-state index in [1.165, 1.54) is 21.2 Å². The van der Waals surface area contributed by atoms with Gasteiger partial charge in [-0.15, -0.1) is 10.2 Å². The lowest BCUT2D eigenvalue weighted by molar-refractivity contribution is 0.634. The van der Waals surface area contributed by atoms with E-state index in [9.17, 15) is 0 Å². The van der Waals surface area contributed by atoms with E-state index in [1.807, 2.05) is 54.3 Å². The highest BCUT2D eigenvalue weighted by Crippen LogP contribution is 2.35. The average Bonchev–Trinajstić information content (AvgIpc) is 3.33. The molecule has 0 unspecified atom stereocenters. The van der Waals surface area contributed by atoms with Crippen LogP contribution in [0.15, 0.2) is 126 Å². The Balaban J connectivity index is 1.75. The standard InChI is InChI=1S/C29H27N5P2/c1-33(2)23-30-34-28(35(24-15-7-3-8-16-24)25-17-9-4-10-18-25)31-32-29(34)36(26-19-11-5-12-20-26)27-21-13-6-14-22-27/h3-23H,1-2H3. The monoisotopic (exact) mass is 507 g/mol. The van der Waals surface area contributed by atoms with Crippen LogP contribution in [-0.4, -0.2) is 40.2 Å². The molecule has 5 rings (SSSR count). The summed E-state index contributed by atoms with van der Waals surface area (Å²) in [7, 11) is 2.00. The Kier molecular flexibility index (Phi) is 7.61. The van der Waals surface area contributed by atoms with E-state index in [1.54, 1.807) is 0 Å². The number of hydrogen-bond donors (Lipinski definition) is 0. The molecule has 7 heteroatoms. The van der Waals surface area contributed by atoms with Gasteiger partial charge >= 0.3 is 0 Å². The maximum atomic E-state index is 4.93. The largest absolute Gasteiger partial charge is 0.367 e. The molecule has 0 spiro atoms. The van der Waals surface area contributed by atoms with Gasteiger partial charge in [0.25, 0.3) is 0 Å². The van der Waals surface area contributed by atoms with Crippen LogP contribution in [0, 0.1) is 0 Å². The minimum atomic E-state index is -0.972. The van der Waals surface area contributed by atoms with Gasteiger partial charge in [0.15, 0.2) is 11.1 Å². The number of aromatic nitrogens is 3. The molecular weight excluding hydrogens is 480 g/mol. The molecule has 0 atom stereocenters. The molecule has 0 aliphatic heterocycles. The highest BCUT2D eigenvalue weighted by Gasteiger charge is 2.29. The van der Waals surface area contributed by atoms with Crippen molar-refractivity contribution < 1.29 is 0 Å². The Hall–Kier alpha value is -3.65. The summed E-state index contributed by atoms with van der Waals surface area (Å²) in [6, 6.07) is 42.2. The predicted octanol–water partition coefficient (Wildman–Crippen LogP) is 3.15. The van der Waals surface area contributed by atoms with E-state index in [-0.39, 0.29) is 0 Å². The van der Waals surface area contributed by atoms with Gasteiger partial charge in [-0.25, -0.2) is 0 Å². The first-order valence-corrected chi connectivity index (χ1v) is 14.4. The first-order chi connectivity index (χ1) is 17.7. The summed E-state index contributed by atoms with van der Waals surface area (Å²) in [5.74, 6) is 0. The normalized spacial score (nSPS) is 11.4. The fraction of sp³-hybridized carbons (Fsp3) is 0.0690. The van der Waals surface area contributed by atoms with Crippen LogP contribution in [0.25, 0.3) is 0 Å². The summed E-state index contributed by atoms with van der Waals surface area (Å²) >= 11 is 0. The van der Waals surface area contributed by atoms with Crippen molar-refractivity contribution >= 4 is 54.5 Å². The molecule has 36 heavy (non-hydrogen) atoms. The topological polar surface area (TPSA) is 46.3 Å². The third-order valence-electron chi connectivity index (χ3n) is 5.46. The molecule has 0 bridgehead atoms. The van der Waals surface area contributed by atoms with Crippen molar-refractivity contribution in [2.24, 2.45) is 5.10 Å². The minimum Gasteiger partial charge on any atom is -0.367 e. The summed E-state index contributed by atoms with van der Waals surface area (Å²) in [5.41, 5.74) is 1.71. The lowest BCUT2D eigenvalue weighted by Crippen LogP contribution is -2.33. The molecule has 0 saturated heterocycles. The third-order valence-corrected chi connectivity index (χ3v) is 10.1. The van der Waals surface area contributed by atoms with E-state index in [0.717, 1.165) is 11.1 Å². The number of nitrogens with zero attached hydrogens (tertiary/aromatic N) is 5. The zero-order valence-corrected chi connectivity index (χ0v) is 22.0. The fourth-order valence-corrected chi connectivity index (χ4v) is 8.29. The summed E-state index contributed by atoms with van der Waals surface area (Å²) in [5, 5.41) is 19.5. The number of hydrogen-bond acceptors (Lipinski definition) is 3. The van der Waals surface area contributed by atoms with Crippen LogP contribution >= 0.6 is 15.8 Å². The Bertz CT molecular complexity index is 1230. The Morgan fingerprint density at radius 3 is 1.14 bits per heavy atom. The molecule has 1 heterocycles. The molecule has 5 aromatic rings. The number of rotatable bonds is 8. The van der Waals surface area contributed by atoms with Crippen molar-refractivity contribution in [3.63, 3.8) is 0 Å². The van der Waals surface area contributed by atoms with Gasteiger partial charge < -0.3 is 4.90 Å². The van der Waals surface area contributed by atoms with Crippen LogP contribution in [0.2, 0.25) is 0 Å². The summed E-state index contributed by atoms with van der Waals surface area (Å²) in [6.07, 6.45) is 1.82. The second-order valence-electron chi connectivity index (χ2n) is 8.32. The van der Waals surface area contributed by atoms with Crippen molar-refractivity contribution in [2.45, 2.75) is 0 Å². The van der Waals surface area contributed by atoms with Crippen LogP contribution in [-0.2, 0) is 0 Å². The van der Waals surface area contributed by atoms with E-state index < -0.39 is 15.8 Å². The summed E-state index contributed by atoms with van der Waals surface area (Å²) in [4.78, 5) is 1.94. The van der Waals surface area contributed by atoms with Gasteiger partial charge in [0.2, 0.25) is 0 Å². The second kappa shape index (κ2) is 11.4. The van der Waals surface area contributed by atoms with Crippen molar-refractivity contribution in [1.82, 2.24) is 19.8 Å². The van der Waals surface area contributed by atoms with Crippen molar-refractivity contribution in [3.05, 3.63) is 121 Å². The first-order valence-electron chi connectivity index (χ1n) is 11.7. The van der Waals surface area contributed by atoms with Gasteiger partial charge in [-0.05, 0) is 21.2 Å². The lowest BCUT2D eigenvalue weighted by Gasteiger charge is -2.20. The van der Waals surface area contributed by atoms with Gasteiger partial charge in [0, 0.05) is 29.9 Å². The van der Waals surface area contributed by atoms with Gasteiger partial charge in [0.05, 0.1) is 0 Å². The summed E-state index contributed by atoms with van der Waals surface area (Å²) < 4.78 is 1.98. The van der Waals surface area contributed by atoms with E-state index in [0.29, 0.717) is 0 Å². The minimum absolute atomic E-state index is 0.856. The first kappa shape index (κ1) is 24.1. The maximum Gasteiger partial charge on any atom is 0.185 e. The molecule has 0 amide bonds. The molecule has 0 fully saturated rings. The predicted molar refractivity (Wildman–Crippen MR) is 155 cm³/mol. The average molecular weight is 508 g/mol. The second-order valence-corrected chi connectivity index (χ2v) is 12.5. The highest BCUT2D eigenvalue weighted by atomic mass is 31.1. The molecule has 5 nitrogen and oxygen atoms in total. The van der Waals surface area contributed by atoms with Crippen LogP contribution < -0.4 is 32.3 Å². The van der Waals surface area contributed by atoms with Gasteiger partial charge in [0.1, 0.15) is 6.34 Å². The smallest absolute Gasteiger partial charge is 0.185 e. The summed E-state index contributed by atoms with van der Waals surface area (Å²) in [6.45, 7) is 0. The SMILES string of the molecule is CN(C)C=Nn1c(P(c2ccccc2)c2ccccc2)nnc1P(c1ccccc1)c1ccccc1.